The van der Waals surface area contributed by atoms with Crippen LogP contribution in [-0.4, -0.2) is 41.7 Å². The van der Waals surface area contributed by atoms with Crippen molar-refractivity contribution >= 4 is 5.91 Å². The number of rotatable bonds is 6. The van der Waals surface area contributed by atoms with E-state index in [1.54, 1.807) is 6.92 Å². The summed E-state index contributed by atoms with van der Waals surface area (Å²) < 4.78 is 28.6. The van der Waals surface area contributed by atoms with Crippen molar-refractivity contribution in [2.45, 2.75) is 19.4 Å². The molecule has 1 aromatic heterocycles. The van der Waals surface area contributed by atoms with Crippen LogP contribution in [0.15, 0.2) is 18.2 Å². The lowest BCUT2D eigenvalue weighted by atomic mass is 10.3. The van der Waals surface area contributed by atoms with Crippen LogP contribution < -0.4 is 10.1 Å². The largest absolute Gasteiger partial charge is 0.472 e. The Hall–Kier alpha value is -1.76. The first kappa shape index (κ1) is 14.3. The van der Waals surface area contributed by atoms with E-state index in [-0.39, 0.29) is 18.2 Å². The van der Waals surface area contributed by atoms with E-state index in [1.165, 1.54) is 18.2 Å². The molecule has 0 bridgehead atoms. The second-order valence-corrected chi connectivity index (χ2v) is 3.62. The monoisotopic (exact) mass is 260 g/mol. The third kappa shape index (κ3) is 4.62. The molecule has 100 valence electrons. The van der Waals surface area contributed by atoms with Crippen molar-refractivity contribution < 1.29 is 23.4 Å². The van der Waals surface area contributed by atoms with Crippen molar-refractivity contribution in [2.24, 2.45) is 0 Å². The van der Waals surface area contributed by atoms with Crippen LogP contribution in [0.1, 0.15) is 17.4 Å². The molecular formula is C11H14F2N2O3. The first-order valence-electron chi connectivity index (χ1n) is 5.32. The van der Waals surface area contributed by atoms with Gasteiger partial charge in [0.2, 0.25) is 5.88 Å². The van der Waals surface area contributed by atoms with Gasteiger partial charge in [0.15, 0.2) is 6.61 Å². The minimum atomic E-state index is -2.60. The predicted molar refractivity (Wildman–Crippen MR) is 59.8 cm³/mol. The lowest BCUT2D eigenvalue weighted by molar-refractivity contribution is 0.0791. The second kappa shape index (κ2) is 6.85. The SMILES string of the molecule is CC(CO)NC(=O)c1cccc(OCC(F)F)n1. The zero-order valence-electron chi connectivity index (χ0n) is 9.77. The van der Waals surface area contributed by atoms with E-state index in [0.29, 0.717) is 0 Å². The Morgan fingerprint density at radius 3 is 2.89 bits per heavy atom. The molecule has 1 unspecified atom stereocenters. The standard InChI is InChI=1S/C11H14F2N2O3/c1-7(5-16)14-11(17)8-3-2-4-10(15-8)18-6-9(12)13/h2-4,7,9,16H,5-6H2,1H3,(H,14,17). The number of alkyl halides is 2. The molecule has 0 aliphatic heterocycles. The zero-order valence-corrected chi connectivity index (χ0v) is 9.77. The molecule has 2 N–H and O–H groups in total. The Labute approximate surface area is 103 Å². The Kier molecular flexibility index (Phi) is 5.44. The third-order valence-corrected chi connectivity index (χ3v) is 1.96. The summed E-state index contributed by atoms with van der Waals surface area (Å²) >= 11 is 0. The number of halogens is 2. The first-order chi connectivity index (χ1) is 8.52. The van der Waals surface area contributed by atoms with Crippen LogP contribution in [0.3, 0.4) is 0 Å². The van der Waals surface area contributed by atoms with Gasteiger partial charge in [0.1, 0.15) is 5.69 Å². The van der Waals surface area contributed by atoms with Gasteiger partial charge >= 0.3 is 0 Å². The number of nitrogens with one attached hydrogen (secondary N) is 1. The van der Waals surface area contributed by atoms with Crippen molar-refractivity contribution in [2.75, 3.05) is 13.2 Å². The van der Waals surface area contributed by atoms with E-state index in [2.05, 4.69) is 10.3 Å². The molecule has 1 rings (SSSR count). The molecular weight excluding hydrogens is 246 g/mol. The molecule has 0 saturated carbocycles. The number of aliphatic hydroxyl groups is 1. The molecule has 0 aromatic carbocycles. The van der Waals surface area contributed by atoms with Gasteiger partial charge in [-0.25, -0.2) is 13.8 Å². The van der Waals surface area contributed by atoms with Gasteiger partial charge < -0.3 is 15.2 Å². The lowest BCUT2D eigenvalue weighted by Gasteiger charge is -2.11. The fourth-order valence-electron chi connectivity index (χ4n) is 1.11. The molecule has 18 heavy (non-hydrogen) atoms. The fraction of sp³-hybridized carbons (Fsp3) is 0.455. The maximum atomic E-state index is 11.9. The van der Waals surface area contributed by atoms with Gasteiger partial charge in [-0.2, -0.15) is 0 Å². The molecule has 1 heterocycles. The van der Waals surface area contributed by atoms with Crippen molar-refractivity contribution in [3.8, 4) is 5.88 Å². The summed E-state index contributed by atoms with van der Waals surface area (Å²) in [7, 11) is 0. The number of amides is 1. The Bertz CT molecular complexity index is 402. The van der Waals surface area contributed by atoms with E-state index in [1.807, 2.05) is 0 Å². The molecule has 0 fully saturated rings. The van der Waals surface area contributed by atoms with E-state index in [9.17, 15) is 13.6 Å². The van der Waals surface area contributed by atoms with Gasteiger partial charge in [-0.05, 0) is 13.0 Å². The fourth-order valence-corrected chi connectivity index (χ4v) is 1.11. The van der Waals surface area contributed by atoms with Crippen LogP contribution in [0.4, 0.5) is 8.78 Å². The Morgan fingerprint density at radius 2 is 2.28 bits per heavy atom. The van der Waals surface area contributed by atoms with Gasteiger partial charge in [-0.15, -0.1) is 0 Å². The van der Waals surface area contributed by atoms with Crippen molar-refractivity contribution in [1.29, 1.82) is 0 Å². The number of hydrogen-bond acceptors (Lipinski definition) is 4. The maximum Gasteiger partial charge on any atom is 0.272 e. The van der Waals surface area contributed by atoms with Gasteiger partial charge in [0.25, 0.3) is 12.3 Å². The van der Waals surface area contributed by atoms with Crippen LogP contribution in [-0.2, 0) is 0 Å². The van der Waals surface area contributed by atoms with E-state index >= 15 is 0 Å². The average Bonchev–Trinajstić information content (AvgIpc) is 2.36. The molecule has 0 spiro atoms. The molecule has 1 amide bonds. The van der Waals surface area contributed by atoms with Gasteiger partial charge in [0, 0.05) is 12.1 Å². The summed E-state index contributed by atoms with van der Waals surface area (Å²) in [5, 5.41) is 11.3. The molecule has 7 heteroatoms. The number of carbonyl (C=O) groups excluding carboxylic acids is 1. The van der Waals surface area contributed by atoms with Crippen LogP contribution in [0.25, 0.3) is 0 Å². The minimum absolute atomic E-state index is 0.0420. The minimum Gasteiger partial charge on any atom is -0.472 e. The highest BCUT2D eigenvalue weighted by molar-refractivity contribution is 5.92. The topological polar surface area (TPSA) is 71.5 Å². The maximum absolute atomic E-state index is 11.9. The van der Waals surface area contributed by atoms with E-state index < -0.39 is 25.0 Å². The molecule has 0 radical (unpaired) electrons. The normalized spacial score (nSPS) is 12.3. The quantitative estimate of drug-likeness (QED) is 0.795. The summed E-state index contributed by atoms with van der Waals surface area (Å²) in [6.45, 7) is 0.646. The summed E-state index contributed by atoms with van der Waals surface area (Å²) in [5.74, 6) is -0.543. The molecule has 1 atom stereocenters. The number of aromatic nitrogens is 1. The lowest BCUT2D eigenvalue weighted by Crippen LogP contribution is -2.35. The van der Waals surface area contributed by atoms with Crippen LogP contribution in [0, 0.1) is 0 Å². The number of ether oxygens (including phenoxy) is 1. The highest BCUT2D eigenvalue weighted by Gasteiger charge is 2.12. The third-order valence-electron chi connectivity index (χ3n) is 1.96. The summed E-state index contributed by atoms with van der Waals surface area (Å²) in [5.41, 5.74) is 0.0436. The van der Waals surface area contributed by atoms with E-state index in [4.69, 9.17) is 9.84 Å². The second-order valence-electron chi connectivity index (χ2n) is 3.62. The van der Waals surface area contributed by atoms with Gasteiger partial charge in [0.05, 0.1) is 6.61 Å². The van der Waals surface area contributed by atoms with Gasteiger partial charge in [-0.3, -0.25) is 4.79 Å². The van der Waals surface area contributed by atoms with Crippen molar-refractivity contribution in [3.05, 3.63) is 23.9 Å². The van der Waals surface area contributed by atoms with Crippen LogP contribution >= 0.6 is 0 Å². The number of nitrogens with zero attached hydrogens (tertiary/aromatic N) is 1. The highest BCUT2D eigenvalue weighted by atomic mass is 19.3. The molecule has 0 saturated heterocycles. The number of aliphatic hydroxyl groups excluding tert-OH is 1. The van der Waals surface area contributed by atoms with Crippen LogP contribution in [0.5, 0.6) is 5.88 Å². The molecule has 0 aliphatic carbocycles. The number of carbonyl (C=O) groups is 1. The van der Waals surface area contributed by atoms with Gasteiger partial charge in [-0.1, -0.05) is 6.07 Å². The smallest absolute Gasteiger partial charge is 0.272 e. The summed E-state index contributed by atoms with van der Waals surface area (Å²) in [6.07, 6.45) is -2.60. The molecule has 0 aliphatic rings. The van der Waals surface area contributed by atoms with Crippen LogP contribution in [0.2, 0.25) is 0 Å². The summed E-state index contributed by atoms with van der Waals surface area (Å²) in [6, 6.07) is 3.88. The predicted octanol–water partition coefficient (Wildman–Crippen LogP) is 0.836. The Morgan fingerprint density at radius 1 is 1.56 bits per heavy atom. The molecule has 1 aromatic rings. The van der Waals surface area contributed by atoms with E-state index in [0.717, 1.165) is 0 Å². The molecule has 5 nitrogen and oxygen atoms in total. The highest BCUT2D eigenvalue weighted by Crippen LogP contribution is 2.09. The zero-order chi connectivity index (χ0) is 13.5. The first-order valence-corrected chi connectivity index (χ1v) is 5.32. The van der Waals surface area contributed by atoms with Crippen molar-refractivity contribution in [1.82, 2.24) is 10.3 Å². The number of hydrogen-bond donors (Lipinski definition) is 2. The van der Waals surface area contributed by atoms with Crippen molar-refractivity contribution in [3.63, 3.8) is 0 Å². The Balaban J connectivity index is 2.66. The number of pyridine rings is 1. The summed E-state index contributed by atoms with van der Waals surface area (Å²) in [4.78, 5) is 15.4. The average molecular weight is 260 g/mol.